The molecule has 1 aromatic rings. The van der Waals surface area contributed by atoms with Crippen molar-refractivity contribution in [3.05, 3.63) is 29.8 Å². The van der Waals surface area contributed by atoms with Gasteiger partial charge < -0.3 is 9.47 Å². The van der Waals surface area contributed by atoms with Crippen LogP contribution in [0.2, 0.25) is 0 Å². The molecule has 2 fully saturated rings. The van der Waals surface area contributed by atoms with Crippen LogP contribution in [0.4, 0.5) is 0 Å². The Morgan fingerprint density at radius 3 is 3.05 bits per heavy atom. The van der Waals surface area contributed by atoms with Crippen molar-refractivity contribution >= 4 is 0 Å². The minimum atomic E-state index is 0.219. The SMILES string of the molecule is CN(CCOc1cccc(C#N)c1)[C@@H]1[C@@H]2CCO[C@H]2C1(C)C. The van der Waals surface area contributed by atoms with E-state index in [4.69, 9.17) is 14.7 Å². The third-order valence-electron chi connectivity index (χ3n) is 5.19. The van der Waals surface area contributed by atoms with E-state index in [0.717, 1.165) is 18.9 Å². The molecule has 3 rings (SSSR count). The molecule has 0 bridgehead atoms. The Bertz CT molecular complexity index is 579. The van der Waals surface area contributed by atoms with Crippen molar-refractivity contribution in [2.24, 2.45) is 11.3 Å². The lowest BCUT2D eigenvalue weighted by Gasteiger charge is -2.58. The topological polar surface area (TPSA) is 45.5 Å². The average Bonchev–Trinajstić information content (AvgIpc) is 2.93. The standard InChI is InChI=1S/C18H24N2O2/c1-18(2)16(15-7-9-22-17(15)18)20(3)8-10-21-14-6-4-5-13(11-14)12-19/h4-6,11,15-17H,7-10H2,1-3H3/t15-,16+,17+/m0/s1. The first-order chi connectivity index (χ1) is 10.5. The van der Waals surface area contributed by atoms with E-state index in [0.29, 0.717) is 30.2 Å². The van der Waals surface area contributed by atoms with Crippen LogP contribution in [0, 0.1) is 22.7 Å². The van der Waals surface area contributed by atoms with E-state index in [-0.39, 0.29) is 5.41 Å². The minimum Gasteiger partial charge on any atom is -0.492 e. The van der Waals surface area contributed by atoms with Gasteiger partial charge in [0, 0.05) is 30.5 Å². The van der Waals surface area contributed by atoms with Gasteiger partial charge in [0.05, 0.1) is 17.7 Å². The fourth-order valence-corrected chi connectivity index (χ4v) is 4.29. The first-order valence-electron chi connectivity index (χ1n) is 7.99. The van der Waals surface area contributed by atoms with Gasteiger partial charge >= 0.3 is 0 Å². The molecule has 1 aliphatic carbocycles. The predicted molar refractivity (Wildman–Crippen MR) is 84.7 cm³/mol. The molecule has 118 valence electrons. The Kier molecular flexibility index (Phi) is 4.12. The molecule has 1 aliphatic heterocycles. The van der Waals surface area contributed by atoms with Crippen LogP contribution in [0.5, 0.6) is 5.75 Å². The molecule has 22 heavy (non-hydrogen) atoms. The number of fused-ring (bicyclic) bond motifs is 1. The number of rotatable bonds is 5. The highest BCUT2D eigenvalue weighted by Gasteiger charge is 2.60. The number of likely N-dealkylation sites (N-methyl/N-ethyl adjacent to an activating group) is 1. The molecule has 2 aliphatic rings. The third kappa shape index (κ3) is 2.60. The molecule has 0 amide bonds. The number of hydrogen-bond donors (Lipinski definition) is 0. The lowest BCUT2D eigenvalue weighted by Crippen LogP contribution is -2.66. The van der Waals surface area contributed by atoms with Crippen molar-refractivity contribution in [3.8, 4) is 11.8 Å². The normalized spacial score (nSPS) is 28.8. The smallest absolute Gasteiger partial charge is 0.120 e. The van der Waals surface area contributed by atoms with Crippen LogP contribution in [0.1, 0.15) is 25.8 Å². The van der Waals surface area contributed by atoms with Gasteiger partial charge in [-0.05, 0) is 31.7 Å². The lowest BCUT2D eigenvalue weighted by atomic mass is 9.57. The zero-order chi connectivity index (χ0) is 15.7. The Morgan fingerprint density at radius 1 is 1.45 bits per heavy atom. The molecule has 0 radical (unpaired) electrons. The van der Waals surface area contributed by atoms with Crippen molar-refractivity contribution in [1.29, 1.82) is 5.26 Å². The summed E-state index contributed by atoms with van der Waals surface area (Å²) in [7, 11) is 2.18. The summed E-state index contributed by atoms with van der Waals surface area (Å²) in [5.41, 5.74) is 0.855. The molecule has 0 spiro atoms. The number of nitriles is 1. The van der Waals surface area contributed by atoms with Gasteiger partial charge in [-0.25, -0.2) is 0 Å². The van der Waals surface area contributed by atoms with Gasteiger partial charge in [0.2, 0.25) is 0 Å². The zero-order valence-electron chi connectivity index (χ0n) is 13.6. The molecule has 0 unspecified atom stereocenters. The highest BCUT2D eigenvalue weighted by Crippen LogP contribution is 2.54. The molecule has 1 heterocycles. The Morgan fingerprint density at radius 2 is 2.27 bits per heavy atom. The van der Waals surface area contributed by atoms with Crippen LogP contribution in [0.25, 0.3) is 0 Å². The van der Waals surface area contributed by atoms with Gasteiger partial charge in [-0.3, -0.25) is 4.90 Å². The first-order valence-corrected chi connectivity index (χ1v) is 7.99. The highest BCUT2D eigenvalue weighted by molar-refractivity contribution is 5.36. The zero-order valence-corrected chi connectivity index (χ0v) is 13.6. The number of hydrogen-bond acceptors (Lipinski definition) is 4. The maximum atomic E-state index is 8.91. The maximum Gasteiger partial charge on any atom is 0.120 e. The molecule has 1 aromatic carbocycles. The van der Waals surface area contributed by atoms with Crippen molar-refractivity contribution in [2.45, 2.75) is 32.4 Å². The van der Waals surface area contributed by atoms with E-state index >= 15 is 0 Å². The van der Waals surface area contributed by atoms with E-state index in [9.17, 15) is 0 Å². The van der Waals surface area contributed by atoms with E-state index in [1.165, 1.54) is 6.42 Å². The van der Waals surface area contributed by atoms with Crippen LogP contribution in [0.3, 0.4) is 0 Å². The van der Waals surface area contributed by atoms with Crippen molar-refractivity contribution in [1.82, 2.24) is 4.90 Å². The van der Waals surface area contributed by atoms with Crippen molar-refractivity contribution in [3.63, 3.8) is 0 Å². The first kappa shape index (κ1) is 15.3. The van der Waals surface area contributed by atoms with Gasteiger partial charge in [0.25, 0.3) is 0 Å². The van der Waals surface area contributed by atoms with E-state index in [1.54, 1.807) is 12.1 Å². The average molecular weight is 300 g/mol. The number of ether oxygens (including phenoxy) is 2. The Labute approximate surface area is 132 Å². The third-order valence-corrected chi connectivity index (χ3v) is 5.19. The van der Waals surface area contributed by atoms with Crippen LogP contribution in [-0.4, -0.2) is 43.9 Å². The summed E-state index contributed by atoms with van der Waals surface area (Å²) in [4.78, 5) is 2.41. The maximum absolute atomic E-state index is 8.91. The Balaban J connectivity index is 1.52. The summed E-state index contributed by atoms with van der Waals surface area (Å²) in [5.74, 6) is 1.43. The van der Waals surface area contributed by atoms with Gasteiger partial charge in [-0.2, -0.15) is 5.26 Å². The van der Waals surface area contributed by atoms with Gasteiger partial charge in [0.1, 0.15) is 12.4 Å². The predicted octanol–water partition coefficient (Wildman–Crippen LogP) is 2.68. The van der Waals surface area contributed by atoms with Crippen LogP contribution in [0.15, 0.2) is 24.3 Å². The summed E-state index contributed by atoms with van der Waals surface area (Å²) in [6.07, 6.45) is 1.60. The van der Waals surface area contributed by atoms with Gasteiger partial charge in [-0.1, -0.05) is 19.9 Å². The van der Waals surface area contributed by atoms with Crippen LogP contribution < -0.4 is 4.74 Å². The van der Waals surface area contributed by atoms with Crippen molar-refractivity contribution < 1.29 is 9.47 Å². The summed E-state index contributed by atoms with van der Waals surface area (Å²) < 4.78 is 11.7. The van der Waals surface area contributed by atoms with Gasteiger partial charge in [-0.15, -0.1) is 0 Å². The lowest BCUT2D eigenvalue weighted by molar-refractivity contribution is -0.150. The van der Waals surface area contributed by atoms with E-state index < -0.39 is 0 Å². The monoisotopic (exact) mass is 300 g/mol. The summed E-state index contributed by atoms with van der Waals surface area (Å²) >= 11 is 0. The molecular weight excluding hydrogens is 276 g/mol. The second kappa shape index (κ2) is 5.91. The fourth-order valence-electron chi connectivity index (χ4n) is 4.29. The second-order valence-corrected chi connectivity index (χ2v) is 6.98. The quantitative estimate of drug-likeness (QED) is 0.838. The minimum absolute atomic E-state index is 0.219. The molecule has 1 saturated heterocycles. The van der Waals surface area contributed by atoms with Crippen LogP contribution in [-0.2, 0) is 4.74 Å². The van der Waals surface area contributed by atoms with Crippen molar-refractivity contribution in [2.75, 3.05) is 26.8 Å². The Hall–Kier alpha value is -1.57. The van der Waals surface area contributed by atoms with Crippen LogP contribution >= 0.6 is 0 Å². The summed E-state index contributed by atoms with van der Waals surface area (Å²) in [6, 6.07) is 10.0. The molecular formula is C18H24N2O2. The van der Waals surface area contributed by atoms with E-state index in [1.807, 2.05) is 12.1 Å². The molecule has 0 N–H and O–H groups in total. The molecule has 4 heteroatoms. The highest BCUT2D eigenvalue weighted by atomic mass is 16.5. The molecule has 1 saturated carbocycles. The van der Waals surface area contributed by atoms with Gasteiger partial charge in [0.15, 0.2) is 0 Å². The molecule has 0 aromatic heterocycles. The fraction of sp³-hybridized carbons (Fsp3) is 0.611. The summed E-state index contributed by atoms with van der Waals surface area (Å²) in [6.45, 7) is 7.03. The second-order valence-electron chi connectivity index (χ2n) is 6.98. The number of benzene rings is 1. The largest absolute Gasteiger partial charge is 0.492 e. The molecule has 3 atom stereocenters. The summed E-state index contributed by atoms with van der Waals surface area (Å²) in [5, 5.41) is 8.91. The number of nitrogens with zero attached hydrogens (tertiary/aromatic N) is 2. The molecule has 4 nitrogen and oxygen atoms in total. The van der Waals surface area contributed by atoms with E-state index in [2.05, 4.69) is 31.9 Å².